The van der Waals surface area contributed by atoms with E-state index >= 15 is 0 Å². The van der Waals surface area contributed by atoms with Gasteiger partial charge in [0.05, 0.1) is 33.4 Å². The molecule has 3 aromatic rings. The number of fused-ring (bicyclic) bond motifs is 3. The Kier molecular flexibility index (Phi) is 9.76. The number of aryl methyl sites for hydroxylation is 3. The molecular formula is C43H51N3O7Si. The molecular weight excluding hydrogens is 699 g/mol. The fourth-order valence-corrected chi connectivity index (χ4v) is 11.6. The van der Waals surface area contributed by atoms with Gasteiger partial charge in [-0.05, 0) is 153 Å². The van der Waals surface area contributed by atoms with Crippen molar-refractivity contribution >= 4 is 43.8 Å². The number of amides is 6. The predicted molar refractivity (Wildman–Crippen MR) is 208 cm³/mol. The summed E-state index contributed by atoms with van der Waals surface area (Å²) in [6.07, 6.45) is 1.87. The van der Waals surface area contributed by atoms with Crippen LogP contribution in [0.3, 0.4) is 0 Å². The van der Waals surface area contributed by atoms with Crippen molar-refractivity contribution in [1.29, 1.82) is 0 Å². The van der Waals surface area contributed by atoms with Crippen LogP contribution in [0.2, 0.25) is 18.1 Å². The van der Waals surface area contributed by atoms with Gasteiger partial charge in [-0.15, -0.1) is 0 Å². The Balaban J connectivity index is 1.27. The molecule has 0 aromatic heterocycles. The second-order valence-electron chi connectivity index (χ2n) is 17.9. The molecule has 0 spiro atoms. The van der Waals surface area contributed by atoms with E-state index in [-0.39, 0.29) is 35.4 Å². The van der Waals surface area contributed by atoms with E-state index in [4.69, 9.17) is 4.43 Å². The monoisotopic (exact) mass is 749 g/mol. The van der Waals surface area contributed by atoms with Crippen LogP contribution in [0.25, 0.3) is 0 Å². The van der Waals surface area contributed by atoms with E-state index in [0.29, 0.717) is 70.8 Å². The van der Waals surface area contributed by atoms with Crippen LogP contribution in [0.1, 0.15) is 141 Å². The molecule has 0 bridgehead atoms. The van der Waals surface area contributed by atoms with Crippen LogP contribution < -0.4 is 0 Å². The molecule has 6 amide bonds. The first kappa shape index (κ1) is 39.0. The molecule has 0 saturated heterocycles. The van der Waals surface area contributed by atoms with E-state index in [9.17, 15) is 28.8 Å². The third-order valence-corrected chi connectivity index (χ3v) is 15.3. The molecule has 0 unspecified atom stereocenters. The topological polar surface area (TPSA) is 121 Å². The summed E-state index contributed by atoms with van der Waals surface area (Å²) in [7, 11) is -0.857. The fraction of sp³-hybridized carbons (Fsp3) is 0.442. The van der Waals surface area contributed by atoms with E-state index in [0.717, 1.165) is 16.7 Å². The lowest BCUT2D eigenvalue weighted by molar-refractivity contribution is 0.0489. The molecule has 0 aliphatic carbocycles. The van der Waals surface area contributed by atoms with Crippen LogP contribution in [0.5, 0.6) is 0 Å². The van der Waals surface area contributed by atoms with Gasteiger partial charge in [0, 0.05) is 23.7 Å². The number of hydrogen-bond acceptors (Lipinski definition) is 7. The van der Waals surface area contributed by atoms with Gasteiger partial charge in [0.15, 0.2) is 8.32 Å². The second kappa shape index (κ2) is 13.5. The summed E-state index contributed by atoms with van der Waals surface area (Å²) in [5, 5.41) is 0. The zero-order valence-electron chi connectivity index (χ0n) is 33.1. The summed E-state index contributed by atoms with van der Waals surface area (Å²) in [4.78, 5) is 83.5. The lowest BCUT2D eigenvalue weighted by Crippen LogP contribution is -2.45. The van der Waals surface area contributed by atoms with Crippen LogP contribution in [0.15, 0.2) is 54.6 Å². The zero-order valence-corrected chi connectivity index (χ0v) is 34.1. The Hall–Kier alpha value is -4.74. The number of carbonyl (C=O) groups is 6. The quantitative estimate of drug-likeness (QED) is 0.156. The largest absolute Gasteiger partial charge is 0.420 e. The van der Waals surface area contributed by atoms with Gasteiger partial charge in [0.1, 0.15) is 0 Å². The Bertz CT molecular complexity index is 1880. The van der Waals surface area contributed by atoms with Crippen molar-refractivity contribution in [2.75, 3.05) is 7.11 Å². The van der Waals surface area contributed by atoms with Gasteiger partial charge >= 0.3 is 0 Å². The summed E-state index contributed by atoms with van der Waals surface area (Å²) in [5.74, 6) is -1.71. The maximum atomic E-state index is 13.4. The maximum absolute atomic E-state index is 13.4. The fourth-order valence-electron chi connectivity index (χ4n) is 7.96. The van der Waals surface area contributed by atoms with Gasteiger partial charge in [-0.2, -0.15) is 0 Å². The average molecular weight is 750 g/mol. The standard InChI is InChI=1S/C43H51N3O7Si/c1-41(2,3)44-35(47)29-14-11-26(23-32(29)38(44)50)17-20-54(53-10,21-18-27-12-15-30-33(24-27)39(51)45(36(30)48)42(4,5)6)22-19-28-13-16-31-34(25-28)40(52)46(37(31)49)43(7,8)9/h11-16,23-25H,17-22H2,1-10H3. The minimum Gasteiger partial charge on any atom is -0.420 e. The lowest BCUT2D eigenvalue weighted by Gasteiger charge is -2.30. The molecule has 0 N–H and O–H groups in total. The first-order valence-corrected chi connectivity index (χ1v) is 21.2. The summed E-state index contributed by atoms with van der Waals surface area (Å²) in [6, 6.07) is 18.7. The van der Waals surface area contributed by atoms with Crippen LogP contribution in [0.4, 0.5) is 0 Å². The molecule has 54 heavy (non-hydrogen) atoms. The summed E-state index contributed by atoms with van der Waals surface area (Å²) < 4.78 is 6.53. The highest BCUT2D eigenvalue weighted by molar-refractivity contribution is 6.73. The number of nitrogens with zero attached hydrogens (tertiary/aromatic N) is 3. The smallest absolute Gasteiger partial charge is 0.262 e. The third-order valence-electron chi connectivity index (χ3n) is 10.9. The van der Waals surface area contributed by atoms with Crippen LogP contribution in [-0.4, -0.2) is 82.2 Å². The minimum absolute atomic E-state index is 0.282. The van der Waals surface area contributed by atoms with Gasteiger partial charge in [0.25, 0.3) is 35.4 Å². The Labute approximate surface area is 319 Å². The third kappa shape index (κ3) is 6.88. The molecule has 0 radical (unpaired) electrons. The molecule has 10 nitrogen and oxygen atoms in total. The van der Waals surface area contributed by atoms with E-state index in [1.807, 2.05) is 98.7 Å². The Morgan fingerprint density at radius 2 is 0.667 bits per heavy atom. The van der Waals surface area contributed by atoms with E-state index < -0.39 is 24.9 Å². The van der Waals surface area contributed by atoms with Gasteiger partial charge < -0.3 is 4.43 Å². The molecule has 3 heterocycles. The van der Waals surface area contributed by atoms with Crippen molar-refractivity contribution in [2.24, 2.45) is 0 Å². The van der Waals surface area contributed by atoms with Crippen molar-refractivity contribution in [2.45, 2.75) is 116 Å². The summed E-state index contributed by atoms with van der Waals surface area (Å²) in [5.41, 5.74) is 3.37. The number of carbonyl (C=O) groups excluding carboxylic acids is 6. The zero-order chi connectivity index (χ0) is 39.7. The molecule has 0 fully saturated rings. The van der Waals surface area contributed by atoms with Crippen LogP contribution in [-0.2, 0) is 23.7 Å². The molecule has 3 aliphatic rings. The van der Waals surface area contributed by atoms with Crippen molar-refractivity contribution in [3.8, 4) is 0 Å². The molecule has 3 aliphatic heterocycles. The Morgan fingerprint density at radius 1 is 0.426 bits per heavy atom. The SMILES string of the molecule is CO[Si](CCc1ccc2c(c1)C(=O)N(C(C)(C)C)C2=O)(CCc1ccc2c(c1)C(=O)N(C(C)(C)C)C2=O)CCc1ccc2c(c1)C(=O)N(C(C)(C)C)C2=O. The second-order valence-corrected chi connectivity index (χ2v) is 22.2. The summed E-state index contributed by atoms with van der Waals surface area (Å²) >= 11 is 0. The van der Waals surface area contributed by atoms with Gasteiger partial charge in [-0.25, -0.2) is 0 Å². The first-order chi connectivity index (χ1) is 25.1. The van der Waals surface area contributed by atoms with Crippen molar-refractivity contribution < 1.29 is 33.2 Å². The van der Waals surface area contributed by atoms with E-state index in [1.165, 1.54) is 14.7 Å². The summed E-state index contributed by atoms with van der Waals surface area (Å²) in [6.45, 7) is 16.6. The molecule has 6 rings (SSSR count). The highest BCUT2D eigenvalue weighted by Crippen LogP contribution is 2.35. The molecule has 284 valence electrons. The number of rotatable bonds is 10. The lowest BCUT2D eigenvalue weighted by atomic mass is 10.0. The first-order valence-electron chi connectivity index (χ1n) is 18.7. The predicted octanol–water partition coefficient (Wildman–Crippen LogP) is 7.49. The molecule has 0 atom stereocenters. The highest BCUT2D eigenvalue weighted by Gasteiger charge is 2.45. The van der Waals surface area contributed by atoms with E-state index in [2.05, 4.69) is 0 Å². The molecule has 11 heteroatoms. The maximum Gasteiger partial charge on any atom is 0.262 e. The minimum atomic E-state index is -2.60. The molecule has 0 saturated carbocycles. The Morgan fingerprint density at radius 3 is 0.889 bits per heavy atom. The average Bonchev–Trinajstić information content (AvgIpc) is 3.61. The van der Waals surface area contributed by atoms with E-state index in [1.54, 1.807) is 25.3 Å². The van der Waals surface area contributed by atoms with Gasteiger partial charge in [-0.3, -0.25) is 43.5 Å². The van der Waals surface area contributed by atoms with Crippen LogP contribution in [0, 0.1) is 0 Å². The van der Waals surface area contributed by atoms with Gasteiger partial charge in [0.2, 0.25) is 0 Å². The number of benzene rings is 3. The van der Waals surface area contributed by atoms with Gasteiger partial charge in [-0.1, -0.05) is 18.2 Å². The number of imide groups is 3. The van der Waals surface area contributed by atoms with Crippen molar-refractivity contribution in [3.63, 3.8) is 0 Å². The highest BCUT2D eigenvalue weighted by atomic mass is 28.4. The van der Waals surface area contributed by atoms with Crippen molar-refractivity contribution in [3.05, 3.63) is 105 Å². The van der Waals surface area contributed by atoms with Crippen molar-refractivity contribution in [1.82, 2.24) is 14.7 Å². The van der Waals surface area contributed by atoms with Crippen LogP contribution >= 0.6 is 0 Å². The number of hydrogen-bond donors (Lipinski definition) is 0. The molecule has 3 aromatic carbocycles. The normalized spacial score (nSPS) is 16.2.